The predicted molar refractivity (Wildman–Crippen MR) is 106 cm³/mol. The van der Waals surface area contributed by atoms with Crippen LogP contribution in [-0.4, -0.2) is 37.1 Å². The Morgan fingerprint density at radius 1 is 1.33 bits per heavy atom. The Hall–Kier alpha value is -3.00. The highest BCUT2D eigenvalue weighted by Gasteiger charge is 2.30. The highest BCUT2D eigenvalue weighted by atomic mass is 32.1. The van der Waals surface area contributed by atoms with Crippen molar-refractivity contribution in [1.29, 1.82) is 0 Å². The van der Waals surface area contributed by atoms with Gasteiger partial charge in [0, 0.05) is 37.4 Å². The third-order valence-corrected chi connectivity index (χ3v) is 5.33. The molecule has 0 aromatic carbocycles. The van der Waals surface area contributed by atoms with Crippen molar-refractivity contribution in [2.75, 3.05) is 11.9 Å². The molecule has 0 aliphatic carbocycles. The fourth-order valence-electron chi connectivity index (χ4n) is 3.18. The lowest BCUT2D eigenvalue weighted by Crippen LogP contribution is -2.29. The summed E-state index contributed by atoms with van der Waals surface area (Å²) in [6.07, 6.45) is 8.79. The van der Waals surface area contributed by atoms with Crippen LogP contribution in [0.4, 0.5) is 10.9 Å². The summed E-state index contributed by atoms with van der Waals surface area (Å²) in [6, 6.07) is 7.59. The normalized spacial score (nSPS) is 16.9. The number of hydrogen-bond donors (Lipinski definition) is 1. The number of amides is 1. The highest BCUT2D eigenvalue weighted by Crippen LogP contribution is 2.34. The third kappa shape index (κ3) is 3.90. The van der Waals surface area contributed by atoms with Gasteiger partial charge >= 0.3 is 0 Å². The second-order valence-electron chi connectivity index (χ2n) is 6.32. The molecule has 8 heteroatoms. The topological polar surface area (TPSA) is 75.9 Å². The van der Waals surface area contributed by atoms with Crippen molar-refractivity contribution < 1.29 is 4.79 Å². The Morgan fingerprint density at radius 2 is 2.26 bits per heavy atom. The van der Waals surface area contributed by atoms with E-state index in [1.165, 1.54) is 11.3 Å². The zero-order valence-corrected chi connectivity index (χ0v) is 15.8. The molecule has 0 unspecified atom stereocenters. The van der Waals surface area contributed by atoms with Crippen molar-refractivity contribution in [3.63, 3.8) is 0 Å². The molecule has 7 nitrogen and oxygen atoms in total. The summed E-state index contributed by atoms with van der Waals surface area (Å²) in [5.41, 5.74) is 1.83. The maximum Gasteiger partial charge on any atom is 0.247 e. The Labute approximate surface area is 161 Å². The Morgan fingerprint density at radius 3 is 3.04 bits per heavy atom. The third-order valence-electron chi connectivity index (χ3n) is 4.55. The molecule has 1 aliphatic rings. The van der Waals surface area contributed by atoms with Gasteiger partial charge in [-0.3, -0.25) is 9.48 Å². The molecule has 3 aromatic rings. The average Bonchev–Trinajstić information content (AvgIpc) is 3.41. The smallest absolute Gasteiger partial charge is 0.247 e. The van der Waals surface area contributed by atoms with Gasteiger partial charge < -0.3 is 10.2 Å². The van der Waals surface area contributed by atoms with E-state index >= 15 is 0 Å². The highest BCUT2D eigenvalue weighted by molar-refractivity contribution is 7.13. The van der Waals surface area contributed by atoms with Crippen molar-refractivity contribution in [3.8, 4) is 0 Å². The maximum absolute atomic E-state index is 12.7. The van der Waals surface area contributed by atoms with Crippen molar-refractivity contribution in [3.05, 3.63) is 59.5 Å². The van der Waals surface area contributed by atoms with Gasteiger partial charge in [-0.05, 0) is 37.1 Å². The largest absolute Gasteiger partial charge is 0.331 e. The first-order valence-electron chi connectivity index (χ1n) is 8.81. The molecular formula is C19H20N6OS. The van der Waals surface area contributed by atoms with E-state index in [2.05, 4.69) is 20.4 Å². The molecule has 1 N–H and O–H groups in total. The number of carbonyl (C=O) groups excluding carboxylic acids is 1. The first-order valence-corrected chi connectivity index (χ1v) is 9.69. The summed E-state index contributed by atoms with van der Waals surface area (Å²) in [5.74, 6) is 0.766. The molecule has 0 radical (unpaired) electrons. The zero-order valence-electron chi connectivity index (χ0n) is 14.9. The van der Waals surface area contributed by atoms with Crippen LogP contribution in [0.2, 0.25) is 0 Å². The lowest BCUT2D eigenvalue weighted by molar-refractivity contribution is -0.126. The monoisotopic (exact) mass is 380 g/mol. The van der Waals surface area contributed by atoms with Gasteiger partial charge in [-0.25, -0.2) is 9.97 Å². The number of pyridine rings is 1. The molecule has 138 valence electrons. The molecule has 4 heterocycles. The summed E-state index contributed by atoms with van der Waals surface area (Å²) < 4.78 is 1.74. The molecular weight excluding hydrogens is 360 g/mol. The Kier molecular flexibility index (Phi) is 4.97. The van der Waals surface area contributed by atoms with Crippen LogP contribution in [0.25, 0.3) is 6.08 Å². The number of rotatable bonds is 5. The SMILES string of the molecule is Cn1nccc1/C=C/C(=O)N1CCC[C@@H]1c1csc(Nc2ccccn2)n1. The van der Waals surface area contributed by atoms with E-state index in [9.17, 15) is 4.79 Å². The van der Waals surface area contributed by atoms with E-state index in [-0.39, 0.29) is 11.9 Å². The molecule has 0 saturated carbocycles. The molecule has 27 heavy (non-hydrogen) atoms. The molecule has 1 fully saturated rings. The number of nitrogens with zero attached hydrogens (tertiary/aromatic N) is 5. The van der Waals surface area contributed by atoms with E-state index in [0.717, 1.165) is 41.7 Å². The average molecular weight is 380 g/mol. The van der Waals surface area contributed by atoms with E-state index in [1.807, 2.05) is 41.6 Å². The molecule has 1 saturated heterocycles. The van der Waals surface area contributed by atoms with Crippen LogP contribution in [0, 0.1) is 0 Å². The van der Waals surface area contributed by atoms with Crippen LogP contribution in [0.1, 0.15) is 30.3 Å². The van der Waals surface area contributed by atoms with E-state index in [1.54, 1.807) is 29.2 Å². The second-order valence-corrected chi connectivity index (χ2v) is 7.18. The minimum absolute atomic E-state index is 0.00550. The van der Waals surface area contributed by atoms with Gasteiger partial charge in [-0.15, -0.1) is 11.3 Å². The van der Waals surface area contributed by atoms with E-state index < -0.39 is 0 Å². The maximum atomic E-state index is 12.7. The van der Waals surface area contributed by atoms with Crippen molar-refractivity contribution in [1.82, 2.24) is 24.6 Å². The number of aromatic nitrogens is 4. The van der Waals surface area contributed by atoms with Gasteiger partial charge in [-0.1, -0.05) is 6.07 Å². The van der Waals surface area contributed by atoms with Crippen LogP contribution in [0.15, 0.2) is 48.1 Å². The van der Waals surface area contributed by atoms with Crippen LogP contribution >= 0.6 is 11.3 Å². The number of thiazole rings is 1. The molecule has 1 amide bonds. The number of aryl methyl sites for hydroxylation is 1. The van der Waals surface area contributed by atoms with Crippen molar-refractivity contribution in [2.45, 2.75) is 18.9 Å². The number of likely N-dealkylation sites (tertiary alicyclic amines) is 1. The van der Waals surface area contributed by atoms with Gasteiger partial charge in [0.25, 0.3) is 0 Å². The molecule has 4 rings (SSSR count). The quantitative estimate of drug-likeness (QED) is 0.687. The van der Waals surface area contributed by atoms with E-state index in [0.29, 0.717) is 0 Å². The van der Waals surface area contributed by atoms with Crippen LogP contribution in [0.5, 0.6) is 0 Å². The lowest BCUT2D eigenvalue weighted by atomic mass is 10.1. The molecule has 0 bridgehead atoms. The molecule has 1 atom stereocenters. The predicted octanol–water partition coefficient (Wildman–Crippen LogP) is 3.39. The second kappa shape index (κ2) is 7.71. The Bertz CT molecular complexity index is 948. The molecule has 0 spiro atoms. The number of anilines is 2. The summed E-state index contributed by atoms with van der Waals surface area (Å²) in [7, 11) is 1.86. The van der Waals surface area contributed by atoms with Gasteiger partial charge in [0.05, 0.1) is 17.4 Å². The minimum atomic E-state index is 0.00550. The first kappa shape index (κ1) is 17.4. The molecule has 3 aromatic heterocycles. The number of nitrogens with one attached hydrogen (secondary N) is 1. The Balaban J connectivity index is 1.46. The van der Waals surface area contributed by atoms with Crippen LogP contribution < -0.4 is 5.32 Å². The summed E-state index contributed by atoms with van der Waals surface area (Å²) >= 11 is 1.53. The molecule has 1 aliphatic heterocycles. The van der Waals surface area contributed by atoms with Crippen molar-refractivity contribution >= 4 is 34.3 Å². The zero-order chi connectivity index (χ0) is 18.6. The summed E-state index contributed by atoms with van der Waals surface area (Å²) in [5, 5.41) is 10.1. The minimum Gasteiger partial charge on any atom is -0.331 e. The van der Waals surface area contributed by atoms with E-state index in [4.69, 9.17) is 0 Å². The first-order chi connectivity index (χ1) is 13.2. The van der Waals surface area contributed by atoms with Crippen molar-refractivity contribution in [2.24, 2.45) is 7.05 Å². The standard InChI is InChI=1S/C19H20N6OS/c1-24-14(9-11-21-24)7-8-18(26)25-12-4-5-16(25)15-13-27-19(22-15)23-17-6-2-3-10-20-17/h2-3,6-11,13,16H,4-5,12H2,1H3,(H,20,22,23)/b8-7+/t16-/m1/s1. The summed E-state index contributed by atoms with van der Waals surface area (Å²) in [4.78, 5) is 23.5. The van der Waals surface area contributed by atoms with Gasteiger partial charge in [0.2, 0.25) is 5.91 Å². The van der Waals surface area contributed by atoms with Gasteiger partial charge in [0.1, 0.15) is 5.82 Å². The van der Waals surface area contributed by atoms with Crippen LogP contribution in [-0.2, 0) is 11.8 Å². The van der Waals surface area contributed by atoms with Gasteiger partial charge in [0.15, 0.2) is 5.13 Å². The summed E-state index contributed by atoms with van der Waals surface area (Å²) in [6.45, 7) is 0.750. The van der Waals surface area contributed by atoms with Gasteiger partial charge in [-0.2, -0.15) is 5.10 Å². The lowest BCUT2D eigenvalue weighted by Gasteiger charge is -2.21. The fourth-order valence-corrected chi connectivity index (χ4v) is 3.94. The number of carbonyl (C=O) groups is 1. The fraction of sp³-hybridized carbons (Fsp3) is 0.263. The number of hydrogen-bond acceptors (Lipinski definition) is 6. The van der Waals surface area contributed by atoms with Crippen LogP contribution in [0.3, 0.4) is 0 Å².